The molecule has 3 rings (SSSR count). The van der Waals surface area contributed by atoms with E-state index < -0.39 is 11.7 Å². The van der Waals surface area contributed by atoms with Crippen molar-refractivity contribution >= 4 is 11.6 Å². The van der Waals surface area contributed by atoms with Crippen LogP contribution in [0.15, 0.2) is 60.8 Å². The number of rotatable bonds is 3. The van der Waals surface area contributed by atoms with E-state index >= 15 is 0 Å². The second-order valence-corrected chi connectivity index (χ2v) is 4.91. The van der Waals surface area contributed by atoms with E-state index in [9.17, 15) is 13.2 Å². The van der Waals surface area contributed by atoms with Gasteiger partial charge in [-0.2, -0.15) is 13.2 Å². The van der Waals surface area contributed by atoms with Gasteiger partial charge in [0.05, 0.1) is 23.1 Å². The highest BCUT2D eigenvalue weighted by atomic mass is 19.4. The fourth-order valence-electron chi connectivity index (χ4n) is 2.10. The molecule has 4 nitrogen and oxygen atoms in total. The van der Waals surface area contributed by atoms with Crippen molar-refractivity contribution in [2.75, 3.05) is 11.2 Å². The van der Waals surface area contributed by atoms with Crippen LogP contribution in [0.5, 0.6) is 0 Å². The fourth-order valence-corrected chi connectivity index (χ4v) is 2.10. The lowest BCUT2D eigenvalue weighted by Gasteiger charge is -2.10. The molecule has 0 aliphatic rings. The molecule has 118 valence electrons. The van der Waals surface area contributed by atoms with E-state index in [-0.39, 0.29) is 5.95 Å². The van der Waals surface area contributed by atoms with Gasteiger partial charge in [0, 0.05) is 5.56 Å². The zero-order valence-electron chi connectivity index (χ0n) is 11.9. The summed E-state index contributed by atoms with van der Waals surface area (Å²) in [5, 5.41) is 0. The number of imidazole rings is 1. The fraction of sp³-hybridized carbons (Fsp3) is 0.0625. The van der Waals surface area contributed by atoms with Crippen molar-refractivity contribution in [1.82, 2.24) is 9.66 Å². The highest BCUT2D eigenvalue weighted by Crippen LogP contribution is 2.30. The Kier molecular flexibility index (Phi) is 3.69. The minimum absolute atomic E-state index is 0.212. The van der Waals surface area contributed by atoms with Gasteiger partial charge in [-0.25, -0.2) is 9.66 Å². The molecule has 1 aromatic heterocycles. The Hall–Kier alpha value is -2.96. The smallest absolute Gasteiger partial charge is 0.368 e. The molecule has 2 aromatic carbocycles. The highest BCUT2D eigenvalue weighted by Gasteiger charge is 2.29. The standard InChI is InChI=1S/C16H13F3N4/c17-16(18,19)12-6-8-13(9-7-12)22-23-10-14(21-15(23)20)11-4-2-1-3-5-11/h1-10,22H,(H2,20,21). The molecule has 0 atom stereocenters. The molecule has 0 bridgehead atoms. The van der Waals surface area contributed by atoms with E-state index in [1.54, 1.807) is 6.20 Å². The number of alkyl halides is 3. The Balaban J connectivity index is 1.82. The lowest BCUT2D eigenvalue weighted by atomic mass is 10.2. The molecule has 23 heavy (non-hydrogen) atoms. The SMILES string of the molecule is Nc1nc(-c2ccccc2)cn1Nc1ccc(C(F)(F)F)cc1. The van der Waals surface area contributed by atoms with Crippen LogP contribution in [-0.2, 0) is 6.18 Å². The number of nitrogen functional groups attached to an aromatic ring is 1. The number of anilines is 2. The molecule has 0 unspecified atom stereocenters. The van der Waals surface area contributed by atoms with Crippen LogP contribution < -0.4 is 11.2 Å². The summed E-state index contributed by atoms with van der Waals surface area (Å²) in [7, 11) is 0. The average Bonchev–Trinajstić information content (AvgIpc) is 2.89. The number of benzene rings is 2. The summed E-state index contributed by atoms with van der Waals surface area (Å²) < 4.78 is 39.1. The van der Waals surface area contributed by atoms with E-state index in [2.05, 4.69) is 10.4 Å². The predicted molar refractivity (Wildman–Crippen MR) is 82.5 cm³/mol. The Morgan fingerprint density at radius 1 is 0.957 bits per heavy atom. The van der Waals surface area contributed by atoms with Crippen LogP contribution in [0.3, 0.4) is 0 Å². The Morgan fingerprint density at radius 2 is 1.61 bits per heavy atom. The van der Waals surface area contributed by atoms with E-state index in [0.717, 1.165) is 17.7 Å². The molecule has 0 radical (unpaired) electrons. The largest absolute Gasteiger partial charge is 0.416 e. The quantitative estimate of drug-likeness (QED) is 0.766. The van der Waals surface area contributed by atoms with Crippen LogP contribution in [0.25, 0.3) is 11.3 Å². The number of hydrogen-bond donors (Lipinski definition) is 2. The average molecular weight is 318 g/mol. The molecular weight excluding hydrogens is 305 g/mol. The van der Waals surface area contributed by atoms with Gasteiger partial charge in [0.2, 0.25) is 5.95 Å². The number of hydrogen-bond acceptors (Lipinski definition) is 3. The monoisotopic (exact) mass is 318 g/mol. The molecule has 0 amide bonds. The Morgan fingerprint density at radius 3 is 2.22 bits per heavy atom. The number of nitrogens with two attached hydrogens (primary N) is 1. The molecule has 0 aliphatic carbocycles. The van der Waals surface area contributed by atoms with Crippen LogP contribution in [0.2, 0.25) is 0 Å². The third-order valence-electron chi connectivity index (χ3n) is 3.26. The van der Waals surface area contributed by atoms with Gasteiger partial charge in [-0.15, -0.1) is 0 Å². The van der Waals surface area contributed by atoms with E-state index in [4.69, 9.17) is 5.73 Å². The highest BCUT2D eigenvalue weighted by molar-refractivity contribution is 5.61. The van der Waals surface area contributed by atoms with Gasteiger partial charge in [-0.3, -0.25) is 5.43 Å². The Labute approximate surface area is 130 Å². The summed E-state index contributed by atoms with van der Waals surface area (Å²) in [5.74, 6) is 0.212. The van der Waals surface area contributed by atoms with E-state index in [0.29, 0.717) is 11.4 Å². The van der Waals surface area contributed by atoms with Crippen molar-refractivity contribution in [3.05, 3.63) is 66.4 Å². The van der Waals surface area contributed by atoms with Crippen LogP contribution in [0, 0.1) is 0 Å². The second kappa shape index (κ2) is 5.68. The molecular formula is C16H13F3N4. The summed E-state index contributed by atoms with van der Waals surface area (Å²) in [6, 6.07) is 14.1. The van der Waals surface area contributed by atoms with Crippen LogP contribution in [0.1, 0.15) is 5.56 Å². The molecule has 1 heterocycles. The van der Waals surface area contributed by atoms with Crippen molar-refractivity contribution in [1.29, 1.82) is 0 Å². The van der Waals surface area contributed by atoms with Crippen molar-refractivity contribution in [3.63, 3.8) is 0 Å². The van der Waals surface area contributed by atoms with Gasteiger partial charge in [-0.05, 0) is 24.3 Å². The lowest BCUT2D eigenvalue weighted by molar-refractivity contribution is -0.137. The third kappa shape index (κ3) is 3.28. The third-order valence-corrected chi connectivity index (χ3v) is 3.26. The van der Waals surface area contributed by atoms with Gasteiger partial charge in [0.25, 0.3) is 0 Å². The van der Waals surface area contributed by atoms with E-state index in [1.807, 2.05) is 30.3 Å². The van der Waals surface area contributed by atoms with Gasteiger partial charge in [-0.1, -0.05) is 30.3 Å². The van der Waals surface area contributed by atoms with Gasteiger partial charge < -0.3 is 5.73 Å². The molecule has 7 heteroatoms. The summed E-state index contributed by atoms with van der Waals surface area (Å²) in [4.78, 5) is 4.23. The molecule has 3 aromatic rings. The van der Waals surface area contributed by atoms with Gasteiger partial charge >= 0.3 is 6.18 Å². The number of nitrogens with one attached hydrogen (secondary N) is 1. The number of nitrogens with zero attached hydrogens (tertiary/aromatic N) is 2. The number of aromatic nitrogens is 2. The van der Waals surface area contributed by atoms with Crippen LogP contribution in [0.4, 0.5) is 24.8 Å². The number of halogens is 3. The topological polar surface area (TPSA) is 55.9 Å². The molecule has 3 N–H and O–H groups in total. The minimum atomic E-state index is -4.35. The van der Waals surface area contributed by atoms with Gasteiger partial charge in [0.15, 0.2) is 0 Å². The zero-order chi connectivity index (χ0) is 16.4. The lowest BCUT2D eigenvalue weighted by Crippen LogP contribution is -2.11. The van der Waals surface area contributed by atoms with Crippen molar-refractivity contribution < 1.29 is 13.2 Å². The van der Waals surface area contributed by atoms with Crippen molar-refractivity contribution in [3.8, 4) is 11.3 Å². The van der Waals surface area contributed by atoms with Crippen molar-refractivity contribution in [2.45, 2.75) is 6.18 Å². The summed E-state index contributed by atoms with van der Waals surface area (Å²) in [5.41, 5.74) is 10.1. The van der Waals surface area contributed by atoms with Crippen LogP contribution >= 0.6 is 0 Å². The summed E-state index contributed by atoms with van der Waals surface area (Å²) in [6.45, 7) is 0. The molecule has 0 spiro atoms. The molecule has 0 fully saturated rings. The van der Waals surface area contributed by atoms with Crippen molar-refractivity contribution in [2.24, 2.45) is 0 Å². The van der Waals surface area contributed by atoms with Gasteiger partial charge in [0.1, 0.15) is 0 Å². The first-order valence-electron chi connectivity index (χ1n) is 6.78. The zero-order valence-corrected chi connectivity index (χ0v) is 11.9. The molecule has 0 saturated heterocycles. The maximum Gasteiger partial charge on any atom is 0.416 e. The summed E-state index contributed by atoms with van der Waals surface area (Å²) in [6.07, 6.45) is -2.67. The first kappa shape index (κ1) is 15.0. The van der Waals surface area contributed by atoms with E-state index in [1.165, 1.54) is 16.8 Å². The molecule has 0 aliphatic heterocycles. The predicted octanol–water partition coefficient (Wildman–Crippen LogP) is 4.03. The normalized spacial score (nSPS) is 11.4. The summed E-state index contributed by atoms with van der Waals surface area (Å²) >= 11 is 0. The maximum absolute atomic E-state index is 12.5. The minimum Gasteiger partial charge on any atom is -0.368 e. The maximum atomic E-state index is 12.5. The second-order valence-electron chi connectivity index (χ2n) is 4.91. The molecule has 0 saturated carbocycles. The first-order chi connectivity index (χ1) is 10.9. The first-order valence-corrected chi connectivity index (χ1v) is 6.78. The Bertz CT molecular complexity index is 792. The van der Waals surface area contributed by atoms with Crippen LogP contribution in [-0.4, -0.2) is 9.66 Å².